The molecule has 26 heavy (non-hydrogen) atoms. The van der Waals surface area contributed by atoms with Crippen LogP contribution in [0.2, 0.25) is 0 Å². The molecule has 0 atom stereocenters. The zero-order valence-electron chi connectivity index (χ0n) is 15.6. The summed E-state index contributed by atoms with van der Waals surface area (Å²) in [6, 6.07) is 15.5. The van der Waals surface area contributed by atoms with Crippen molar-refractivity contribution in [2.24, 2.45) is 5.73 Å². The third kappa shape index (κ3) is 3.64. The fourth-order valence-corrected chi connectivity index (χ4v) is 3.25. The highest BCUT2D eigenvalue weighted by Crippen LogP contribution is 2.48. The van der Waals surface area contributed by atoms with Crippen LogP contribution >= 0.6 is 0 Å². The van der Waals surface area contributed by atoms with Gasteiger partial charge in [0, 0.05) is 12.1 Å². The van der Waals surface area contributed by atoms with Gasteiger partial charge in [-0.25, -0.2) is 0 Å². The van der Waals surface area contributed by atoms with Crippen molar-refractivity contribution in [1.29, 1.82) is 0 Å². The number of hydrogen-bond donors (Lipinski definition) is 2. The first-order valence-electron chi connectivity index (χ1n) is 9.00. The van der Waals surface area contributed by atoms with Gasteiger partial charge in [-0.2, -0.15) is 0 Å². The molecule has 0 unspecified atom stereocenters. The Bertz CT molecular complexity index is 828. The van der Waals surface area contributed by atoms with Crippen molar-refractivity contribution in [2.75, 3.05) is 0 Å². The summed E-state index contributed by atoms with van der Waals surface area (Å²) in [4.78, 5) is 24.1. The molecule has 0 bridgehead atoms. The molecule has 4 nitrogen and oxygen atoms in total. The summed E-state index contributed by atoms with van der Waals surface area (Å²) in [5, 5.41) is 3.02. The number of carbonyl (C=O) groups excluding carboxylic acids is 2. The minimum absolute atomic E-state index is 0.0467. The molecule has 136 valence electrons. The van der Waals surface area contributed by atoms with Gasteiger partial charge in [0.2, 0.25) is 11.8 Å². The van der Waals surface area contributed by atoms with Gasteiger partial charge in [0.15, 0.2) is 0 Å². The number of hydrogen-bond acceptors (Lipinski definition) is 2. The van der Waals surface area contributed by atoms with E-state index in [9.17, 15) is 9.59 Å². The zero-order valence-corrected chi connectivity index (χ0v) is 15.6. The first-order valence-corrected chi connectivity index (χ1v) is 9.00. The third-order valence-corrected chi connectivity index (χ3v) is 5.15. The van der Waals surface area contributed by atoms with Crippen molar-refractivity contribution in [3.8, 4) is 0 Å². The molecule has 0 aromatic heterocycles. The number of primary amides is 1. The number of nitrogens with two attached hydrogens (primary N) is 1. The Kier molecular flexibility index (Phi) is 4.61. The fourth-order valence-electron chi connectivity index (χ4n) is 3.25. The lowest BCUT2D eigenvalue weighted by molar-refractivity contribution is -0.123. The Balaban J connectivity index is 1.69. The van der Waals surface area contributed by atoms with Crippen LogP contribution in [0, 0.1) is 0 Å². The van der Waals surface area contributed by atoms with E-state index in [1.165, 1.54) is 5.56 Å². The summed E-state index contributed by atoms with van der Waals surface area (Å²) in [5.74, 6) is -0.415. The molecule has 3 rings (SSSR count). The van der Waals surface area contributed by atoms with E-state index in [4.69, 9.17) is 5.73 Å². The van der Waals surface area contributed by atoms with E-state index in [-0.39, 0.29) is 11.3 Å². The van der Waals surface area contributed by atoms with Gasteiger partial charge in [-0.1, -0.05) is 57.2 Å². The lowest BCUT2D eigenvalue weighted by Gasteiger charge is -2.21. The zero-order chi connectivity index (χ0) is 18.9. The second-order valence-corrected chi connectivity index (χ2v) is 8.16. The SMILES string of the molecule is CC(C)(C)c1ccc(C2(C(=O)NCc3cccc(C(N)=O)c3)CC2)cc1. The highest BCUT2D eigenvalue weighted by atomic mass is 16.2. The van der Waals surface area contributed by atoms with Gasteiger partial charge in [0.25, 0.3) is 0 Å². The normalized spacial score (nSPS) is 15.3. The Morgan fingerprint density at radius 2 is 1.73 bits per heavy atom. The van der Waals surface area contributed by atoms with Crippen molar-refractivity contribution < 1.29 is 9.59 Å². The van der Waals surface area contributed by atoms with Crippen LogP contribution in [0.15, 0.2) is 48.5 Å². The van der Waals surface area contributed by atoms with Crippen molar-refractivity contribution in [3.63, 3.8) is 0 Å². The van der Waals surface area contributed by atoms with Crippen LogP contribution in [0.3, 0.4) is 0 Å². The maximum atomic E-state index is 12.8. The average molecular weight is 350 g/mol. The van der Waals surface area contributed by atoms with Gasteiger partial charge in [-0.05, 0) is 47.1 Å². The van der Waals surface area contributed by atoms with Crippen molar-refractivity contribution in [2.45, 2.75) is 51.0 Å². The number of rotatable bonds is 5. The Morgan fingerprint density at radius 1 is 1.08 bits per heavy atom. The molecule has 1 fully saturated rings. The molecule has 0 radical (unpaired) electrons. The van der Waals surface area contributed by atoms with E-state index in [0.29, 0.717) is 12.1 Å². The second kappa shape index (κ2) is 6.60. The molecule has 1 aliphatic rings. The first-order chi connectivity index (χ1) is 12.2. The summed E-state index contributed by atoms with van der Waals surface area (Å²) in [6.45, 7) is 6.94. The van der Waals surface area contributed by atoms with Gasteiger partial charge in [0.1, 0.15) is 0 Å². The third-order valence-electron chi connectivity index (χ3n) is 5.15. The minimum Gasteiger partial charge on any atom is -0.366 e. The molecule has 0 spiro atoms. The predicted molar refractivity (Wildman–Crippen MR) is 103 cm³/mol. The first kappa shape index (κ1) is 18.2. The smallest absolute Gasteiger partial charge is 0.248 e. The molecule has 1 saturated carbocycles. The quantitative estimate of drug-likeness (QED) is 0.867. The summed E-state index contributed by atoms with van der Waals surface area (Å²) >= 11 is 0. The summed E-state index contributed by atoms with van der Waals surface area (Å²) in [7, 11) is 0. The maximum absolute atomic E-state index is 12.8. The molecule has 2 amide bonds. The van der Waals surface area contributed by atoms with Crippen LogP contribution < -0.4 is 11.1 Å². The van der Waals surface area contributed by atoms with Gasteiger partial charge in [-0.15, -0.1) is 0 Å². The average Bonchev–Trinajstić information content (AvgIpc) is 3.41. The summed E-state index contributed by atoms with van der Waals surface area (Å²) in [6.07, 6.45) is 1.74. The molecule has 2 aromatic carbocycles. The molecule has 3 N–H and O–H groups in total. The topological polar surface area (TPSA) is 72.2 Å². The number of carbonyl (C=O) groups is 2. The highest BCUT2D eigenvalue weighted by Gasteiger charge is 2.51. The summed E-state index contributed by atoms with van der Waals surface area (Å²) in [5.41, 5.74) is 8.67. The highest BCUT2D eigenvalue weighted by molar-refractivity contribution is 5.93. The van der Waals surface area contributed by atoms with Gasteiger partial charge in [0.05, 0.1) is 5.41 Å². The van der Waals surface area contributed by atoms with Crippen molar-refractivity contribution in [3.05, 3.63) is 70.8 Å². The van der Waals surface area contributed by atoms with E-state index < -0.39 is 11.3 Å². The molecular formula is C22H26N2O2. The molecule has 0 heterocycles. The van der Waals surface area contributed by atoms with Crippen LogP contribution in [-0.4, -0.2) is 11.8 Å². The number of benzene rings is 2. The van der Waals surface area contributed by atoms with E-state index in [0.717, 1.165) is 24.0 Å². The van der Waals surface area contributed by atoms with E-state index in [1.54, 1.807) is 18.2 Å². The largest absolute Gasteiger partial charge is 0.366 e. The Hall–Kier alpha value is -2.62. The second-order valence-electron chi connectivity index (χ2n) is 8.16. The van der Waals surface area contributed by atoms with Crippen LogP contribution in [-0.2, 0) is 22.2 Å². The van der Waals surface area contributed by atoms with E-state index >= 15 is 0 Å². The Morgan fingerprint density at radius 3 is 2.27 bits per heavy atom. The van der Waals surface area contributed by atoms with E-state index in [1.807, 2.05) is 6.07 Å². The van der Waals surface area contributed by atoms with Crippen molar-refractivity contribution >= 4 is 11.8 Å². The van der Waals surface area contributed by atoms with Crippen molar-refractivity contribution in [1.82, 2.24) is 5.32 Å². The molecule has 2 aromatic rings. The van der Waals surface area contributed by atoms with Gasteiger partial charge >= 0.3 is 0 Å². The van der Waals surface area contributed by atoms with Crippen LogP contribution in [0.4, 0.5) is 0 Å². The standard InChI is InChI=1S/C22H26N2O2/c1-21(2,3)17-7-9-18(10-8-17)22(11-12-22)20(26)24-14-15-5-4-6-16(13-15)19(23)25/h4-10,13H,11-12,14H2,1-3H3,(H2,23,25)(H,24,26). The molecular weight excluding hydrogens is 324 g/mol. The lowest BCUT2D eigenvalue weighted by atomic mass is 9.85. The molecule has 4 heteroatoms. The molecule has 0 aliphatic heterocycles. The van der Waals surface area contributed by atoms with Crippen LogP contribution in [0.5, 0.6) is 0 Å². The van der Waals surface area contributed by atoms with Gasteiger partial charge < -0.3 is 11.1 Å². The van der Waals surface area contributed by atoms with E-state index in [2.05, 4.69) is 50.4 Å². The lowest BCUT2D eigenvalue weighted by Crippen LogP contribution is -2.34. The summed E-state index contributed by atoms with van der Waals surface area (Å²) < 4.78 is 0. The monoisotopic (exact) mass is 350 g/mol. The van der Waals surface area contributed by atoms with Crippen LogP contribution in [0.1, 0.15) is 60.7 Å². The minimum atomic E-state index is -0.462. The Labute approximate surface area is 154 Å². The predicted octanol–water partition coefficient (Wildman–Crippen LogP) is 3.43. The maximum Gasteiger partial charge on any atom is 0.248 e. The molecule has 1 aliphatic carbocycles. The molecule has 0 saturated heterocycles. The van der Waals surface area contributed by atoms with Crippen LogP contribution in [0.25, 0.3) is 0 Å². The van der Waals surface area contributed by atoms with Gasteiger partial charge in [-0.3, -0.25) is 9.59 Å². The fraction of sp³-hybridized carbons (Fsp3) is 0.364. The number of nitrogens with one attached hydrogen (secondary N) is 1. The number of amides is 2.